The minimum absolute atomic E-state index is 0.133. The molecule has 1 aromatic heterocycles. The van der Waals surface area contributed by atoms with Gasteiger partial charge in [-0.2, -0.15) is 0 Å². The summed E-state index contributed by atoms with van der Waals surface area (Å²) in [5.74, 6) is 1.46. The molecule has 2 aliphatic rings. The Hall–Kier alpha value is -2.99. The topological polar surface area (TPSA) is 61.4 Å². The number of nitrogens with one attached hydrogen (secondary N) is 1. The molecular weight excluding hydrogens is 410 g/mol. The Bertz CT molecular complexity index is 1070. The zero-order chi connectivity index (χ0) is 22.5. The largest absolute Gasteiger partial charge is 0.355 e. The van der Waals surface area contributed by atoms with Gasteiger partial charge in [0.15, 0.2) is 11.5 Å². The Balaban J connectivity index is 1.25. The van der Waals surface area contributed by atoms with Crippen molar-refractivity contribution in [2.75, 3.05) is 44.2 Å². The first-order valence-corrected chi connectivity index (χ1v) is 12.3. The number of benzene rings is 2. The summed E-state index contributed by atoms with van der Waals surface area (Å²) in [4.78, 5) is 17.6. The third-order valence-electron chi connectivity index (χ3n) is 7.08. The number of carbonyl (C=O) groups excluding carboxylic acids is 1. The summed E-state index contributed by atoms with van der Waals surface area (Å²) >= 11 is 0. The molecule has 3 heterocycles. The van der Waals surface area contributed by atoms with Gasteiger partial charge in [-0.25, -0.2) is 0 Å². The van der Waals surface area contributed by atoms with Crippen molar-refractivity contribution in [2.24, 2.45) is 5.92 Å². The van der Waals surface area contributed by atoms with Crippen LogP contribution >= 0.6 is 0 Å². The van der Waals surface area contributed by atoms with Gasteiger partial charge in [0.1, 0.15) is 0 Å². The quantitative estimate of drug-likeness (QED) is 0.600. The number of hydrogen-bond acceptors (Lipinski definition) is 5. The number of piperidine rings is 1. The average molecular weight is 444 g/mol. The highest BCUT2D eigenvalue weighted by atomic mass is 16.1. The van der Waals surface area contributed by atoms with Crippen molar-refractivity contribution >= 4 is 22.5 Å². The van der Waals surface area contributed by atoms with Gasteiger partial charge in [-0.1, -0.05) is 54.6 Å². The van der Waals surface area contributed by atoms with Crippen molar-refractivity contribution in [3.63, 3.8) is 0 Å². The second-order valence-corrected chi connectivity index (χ2v) is 9.34. The second kappa shape index (κ2) is 10.3. The Kier molecular flexibility index (Phi) is 6.81. The molecular formula is C27H33N5O. The first kappa shape index (κ1) is 21.8. The molecule has 0 spiro atoms. The van der Waals surface area contributed by atoms with Crippen molar-refractivity contribution < 1.29 is 4.79 Å². The summed E-state index contributed by atoms with van der Waals surface area (Å²) in [7, 11) is 0. The van der Waals surface area contributed by atoms with Crippen LogP contribution in [-0.4, -0.2) is 60.3 Å². The van der Waals surface area contributed by atoms with Gasteiger partial charge in [-0.15, -0.1) is 10.2 Å². The minimum Gasteiger partial charge on any atom is -0.355 e. The fraction of sp³-hybridized carbons (Fsp3) is 0.444. The number of rotatable bonds is 7. The Morgan fingerprint density at radius 1 is 0.879 bits per heavy atom. The molecule has 0 saturated carbocycles. The van der Waals surface area contributed by atoms with Crippen LogP contribution in [0.5, 0.6) is 0 Å². The highest BCUT2D eigenvalue weighted by Crippen LogP contribution is 2.30. The van der Waals surface area contributed by atoms with E-state index in [0.717, 1.165) is 68.6 Å². The van der Waals surface area contributed by atoms with Crippen molar-refractivity contribution in [3.05, 3.63) is 65.9 Å². The van der Waals surface area contributed by atoms with E-state index >= 15 is 0 Å². The number of nitrogens with zero attached hydrogens (tertiary/aromatic N) is 4. The van der Waals surface area contributed by atoms with E-state index in [1.807, 2.05) is 18.2 Å². The first-order valence-electron chi connectivity index (χ1n) is 12.3. The third-order valence-corrected chi connectivity index (χ3v) is 7.08. The van der Waals surface area contributed by atoms with Gasteiger partial charge >= 0.3 is 0 Å². The van der Waals surface area contributed by atoms with E-state index < -0.39 is 0 Å². The molecule has 6 heteroatoms. The molecule has 3 aromatic rings. The Morgan fingerprint density at radius 2 is 1.58 bits per heavy atom. The van der Waals surface area contributed by atoms with Crippen molar-refractivity contribution in [1.82, 2.24) is 20.4 Å². The number of fused-ring (bicyclic) bond motifs is 1. The highest BCUT2D eigenvalue weighted by molar-refractivity contribution is 6.07. The average Bonchev–Trinajstić information content (AvgIpc) is 3.38. The predicted octanol–water partition coefficient (Wildman–Crippen LogP) is 3.91. The van der Waals surface area contributed by atoms with Crippen molar-refractivity contribution in [3.8, 4) is 0 Å². The molecule has 0 bridgehead atoms. The molecule has 1 amide bonds. The molecule has 0 radical (unpaired) electrons. The van der Waals surface area contributed by atoms with Gasteiger partial charge in [0.2, 0.25) is 0 Å². The van der Waals surface area contributed by atoms with E-state index in [4.69, 9.17) is 0 Å². The lowest BCUT2D eigenvalue weighted by Crippen LogP contribution is -2.36. The number of likely N-dealkylation sites (tertiary alicyclic amines) is 1. The fourth-order valence-electron chi connectivity index (χ4n) is 5.20. The van der Waals surface area contributed by atoms with Crippen LogP contribution in [0.25, 0.3) is 10.8 Å². The van der Waals surface area contributed by atoms with E-state index in [-0.39, 0.29) is 5.91 Å². The van der Waals surface area contributed by atoms with Crippen LogP contribution in [0.2, 0.25) is 0 Å². The summed E-state index contributed by atoms with van der Waals surface area (Å²) in [6, 6.07) is 18.8. The van der Waals surface area contributed by atoms with Crippen LogP contribution < -0.4 is 10.2 Å². The number of carbonyl (C=O) groups is 1. The zero-order valence-electron chi connectivity index (χ0n) is 19.2. The van der Waals surface area contributed by atoms with Crippen LogP contribution in [0.4, 0.5) is 5.82 Å². The molecule has 1 N–H and O–H groups in total. The minimum atomic E-state index is -0.133. The molecule has 5 rings (SSSR count). The summed E-state index contributed by atoms with van der Waals surface area (Å²) in [6.45, 7) is 5.75. The number of amides is 1. The zero-order valence-corrected chi connectivity index (χ0v) is 19.2. The van der Waals surface area contributed by atoms with Crippen LogP contribution in [-0.2, 0) is 6.42 Å². The summed E-state index contributed by atoms with van der Waals surface area (Å²) in [6.07, 6.45) is 5.94. The number of hydrogen-bond donors (Lipinski definition) is 1. The lowest BCUT2D eigenvalue weighted by molar-refractivity contribution is 0.0945. The molecule has 0 atom stereocenters. The predicted molar refractivity (Wildman–Crippen MR) is 133 cm³/mol. The molecule has 0 unspecified atom stereocenters. The summed E-state index contributed by atoms with van der Waals surface area (Å²) in [5, 5.41) is 13.9. The maximum atomic E-state index is 12.9. The van der Waals surface area contributed by atoms with Gasteiger partial charge in [0, 0.05) is 37.0 Å². The van der Waals surface area contributed by atoms with Crippen molar-refractivity contribution in [2.45, 2.75) is 32.1 Å². The monoisotopic (exact) mass is 443 g/mol. The van der Waals surface area contributed by atoms with Crippen LogP contribution in [0.15, 0.2) is 54.6 Å². The van der Waals surface area contributed by atoms with E-state index in [1.165, 1.54) is 18.4 Å². The Labute approximate surface area is 196 Å². The summed E-state index contributed by atoms with van der Waals surface area (Å²) in [5.41, 5.74) is 1.84. The van der Waals surface area contributed by atoms with Crippen LogP contribution in [0.1, 0.15) is 41.7 Å². The molecule has 2 aliphatic heterocycles. The van der Waals surface area contributed by atoms with Gasteiger partial charge in [-0.05, 0) is 56.7 Å². The van der Waals surface area contributed by atoms with Gasteiger partial charge in [-0.3, -0.25) is 4.79 Å². The maximum Gasteiger partial charge on any atom is 0.272 e. The Morgan fingerprint density at radius 3 is 2.33 bits per heavy atom. The second-order valence-electron chi connectivity index (χ2n) is 9.34. The molecule has 2 fully saturated rings. The van der Waals surface area contributed by atoms with Gasteiger partial charge < -0.3 is 15.1 Å². The van der Waals surface area contributed by atoms with E-state index in [0.29, 0.717) is 18.2 Å². The normalized spacial score (nSPS) is 17.5. The van der Waals surface area contributed by atoms with E-state index in [1.54, 1.807) is 0 Å². The maximum absolute atomic E-state index is 12.9. The third kappa shape index (κ3) is 5.17. The molecule has 6 nitrogen and oxygen atoms in total. The number of aromatic nitrogens is 2. The van der Waals surface area contributed by atoms with E-state index in [2.05, 4.69) is 61.7 Å². The molecule has 0 aliphatic carbocycles. The first-order chi connectivity index (χ1) is 16.3. The fourth-order valence-corrected chi connectivity index (χ4v) is 5.20. The van der Waals surface area contributed by atoms with Crippen LogP contribution in [0.3, 0.4) is 0 Å². The lowest BCUT2D eigenvalue weighted by Gasteiger charge is -2.33. The standard InChI is InChI=1S/C27H33N5O/c33-27(28-14-19-31-15-6-7-16-31)25-23-10-4-5-11-24(23)26(30-29-25)32-17-12-22(13-18-32)20-21-8-2-1-3-9-21/h1-5,8-11,22H,6-7,12-20H2,(H,28,33). The molecule has 33 heavy (non-hydrogen) atoms. The molecule has 2 saturated heterocycles. The highest BCUT2D eigenvalue weighted by Gasteiger charge is 2.24. The number of anilines is 1. The van der Waals surface area contributed by atoms with E-state index in [9.17, 15) is 4.79 Å². The van der Waals surface area contributed by atoms with Gasteiger partial charge in [0.05, 0.1) is 0 Å². The SMILES string of the molecule is O=C(NCCN1CCCC1)c1nnc(N2CCC(Cc3ccccc3)CC2)c2ccccc12. The molecule has 2 aromatic carbocycles. The molecule has 172 valence electrons. The summed E-state index contributed by atoms with van der Waals surface area (Å²) < 4.78 is 0. The van der Waals surface area contributed by atoms with Gasteiger partial charge in [0.25, 0.3) is 5.91 Å². The lowest BCUT2D eigenvalue weighted by atomic mass is 9.90. The smallest absolute Gasteiger partial charge is 0.272 e. The van der Waals surface area contributed by atoms with Crippen LogP contribution in [0, 0.1) is 5.92 Å². The van der Waals surface area contributed by atoms with Crippen molar-refractivity contribution in [1.29, 1.82) is 0 Å².